The van der Waals surface area contributed by atoms with Crippen LogP contribution in [0.1, 0.15) is 245 Å². The summed E-state index contributed by atoms with van der Waals surface area (Å²) in [5.74, 6) is -0.336. The summed E-state index contributed by atoms with van der Waals surface area (Å²) >= 11 is 0. The van der Waals surface area contributed by atoms with E-state index in [1.807, 2.05) is 21.1 Å². The molecule has 382 valence electrons. The van der Waals surface area contributed by atoms with Crippen molar-refractivity contribution in [1.29, 1.82) is 0 Å². The van der Waals surface area contributed by atoms with Gasteiger partial charge in [-0.05, 0) is 77.0 Å². The molecular formula is C56H106NO7P. The molecule has 65 heavy (non-hydrogen) atoms. The molecule has 0 aromatic carbocycles. The number of hydrogen-bond acceptors (Lipinski definition) is 7. The number of likely N-dealkylation sites (N-methyl/N-ethyl adjacent to an activating group) is 1. The Balaban J connectivity index is 4.12. The van der Waals surface area contributed by atoms with Crippen molar-refractivity contribution < 1.29 is 37.3 Å². The van der Waals surface area contributed by atoms with E-state index in [0.29, 0.717) is 24.1 Å². The van der Waals surface area contributed by atoms with E-state index in [1.54, 1.807) is 0 Å². The van der Waals surface area contributed by atoms with Gasteiger partial charge in [-0.25, -0.2) is 0 Å². The van der Waals surface area contributed by atoms with Crippen LogP contribution in [0.3, 0.4) is 0 Å². The number of quaternary nitrogens is 1. The van der Waals surface area contributed by atoms with Crippen LogP contribution in [0.2, 0.25) is 0 Å². The van der Waals surface area contributed by atoms with Gasteiger partial charge in [0.1, 0.15) is 19.3 Å². The molecule has 0 saturated heterocycles. The van der Waals surface area contributed by atoms with Gasteiger partial charge in [0.2, 0.25) is 0 Å². The van der Waals surface area contributed by atoms with E-state index >= 15 is 0 Å². The number of carbonyl (C=O) groups is 1. The van der Waals surface area contributed by atoms with Gasteiger partial charge in [0.05, 0.1) is 34.4 Å². The summed E-state index contributed by atoms with van der Waals surface area (Å²) in [5, 5.41) is 0. The summed E-state index contributed by atoms with van der Waals surface area (Å²) in [6.45, 7) is 5.39. The molecule has 0 N–H and O–H groups in total. The van der Waals surface area contributed by atoms with Gasteiger partial charge in [-0.15, -0.1) is 0 Å². The Kier molecular flexibility index (Phi) is 47.7. The van der Waals surface area contributed by atoms with Crippen molar-refractivity contribution in [2.24, 2.45) is 0 Å². The van der Waals surface area contributed by atoms with Crippen LogP contribution in [-0.2, 0) is 27.9 Å². The summed E-state index contributed by atoms with van der Waals surface area (Å²) in [4.78, 5) is 25.2. The van der Waals surface area contributed by atoms with Crippen molar-refractivity contribution >= 4 is 13.8 Å². The van der Waals surface area contributed by atoms with Crippen molar-refractivity contribution in [3.8, 4) is 0 Å². The summed E-state index contributed by atoms with van der Waals surface area (Å²) in [6, 6.07) is 0. The van der Waals surface area contributed by atoms with Gasteiger partial charge >= 0.3 is 5.97 Å². The predicted octanol–water partition coefficient (Wildman–Crippen LogP) is 16.4. The number of phosphoric ester groups is 1. The van der Waals surface area contributed by atoms with Crippen molar-refractivity contribution in [1.82, 2.24) is 0 Å². The van der Waals surface area contributed by atoms with Gasteiger partial charge < -0.3 is 27.9 Å². The minimum Gasteiger partial charge on any atom is -0.756 e. The monoisotopic (exact) mass is 936 g/mol. The number of nitrogens with zero attached hydrogens (tertiary/aromatic N) is 1. The SMILES string of the molecule is CCCCC/C=C\C/C=C\C/C=C\CCCCCCCCCOCC(COP(=O)([O-])OCC[N+](C)(C)C)OC(=O)CCCCCCCCCCCCC/C=C\CCCCCCCCCC. The van der Waals surface area contributed by atoms with E-state index in [0.717, 1.165) is 51.4 Å². The zero-order valence-electron chi connectivity index (χ0n) is 43.4. The second kappa shape index (κ2) is 48.9. The van der Waals surface area contributed by atoms with Crippen LogP contribution >= 0.6 is 7.82 Å². The van der Waals surface area contributed by atoms with Crippen LogP contribution in [0.5, 0.6) is 0 Å². The molecule has 0 amide bonds. The number of unbranched alkanes of at least 4 members (excludes halogenated alkanes) is 29. The third kappa shape index (κ3) is 53.3. The zero-order valence-corrected chi connectivity index (χ0v) is 44.3. The summed E-state index contributed by atoms with van der Waals surface area (Å²) < 4.78 is 34.8. The van der Waals surface area contributed by atoms with E-state index in [4.69, 9.17) is 18.5 Å². The molecular weight excluding hydrogens is 830 g/mol. The number of carbonyl (C=O) groups excluding carboxylic acids is 1. The highest BCUT2D eigenvalue weighted by Gasteiger charge is 2.20. The molecule has 9 heteroatoms. The highest BCUT2D eigenvalue weighted by Crippen LogP contribution is 2.38. The van der Waals surface area contributed by atoms with Crippen LogP contribution in [0, 0.1) is 0 Å². The molecule has 0 aromatic heterocycles. The third-order valence-electron chi connectivity index (χ3n) is 11.9. The van der Waals surface area contributed by atoms with Gasteiger partial charge in [0, 0.05) is 13.0 Å². The fourth-order valence-electron chi connectivity index (χ4n) is 7.61. The highest BCUT2D eigenvalue weighted by molar-refractivity contribution is 7.45. The van der Waals surface area contributed by atoms with E-state index in [9.17, 15) is 14.3 Å². The molecule has 0 fully saturated rings. The first-order valence-corrected chi connectivity index (χ1v) is 28.8. The van der Waals surface area contributed by atoms with Crippen molar-refractivity contribution in [3.63, 3.8) is 0 Å². The molecule has 0 bridgehead atoms. The minimum atomic E-state index is -4.54. The normalized spacial score (nSPS) is 13.9. The van der Waals surface area contributed by atoms with Crippen LogP contribution in [0.25, 0.3) is 0 Å². The quantitative estimate of drug-likeness (QED) is 0.0197. The Hall–Kier alpha value is -1.54. The van der Waals surface area contributed by atoms with Crippen molar-refractivity contribution in [2.45, 2.75) is 251 Å². The number of rotatable bonds is 51. The van der Waals surface area contributed by atoms with Crippen LogP contribution in [0.4, 0.5) is 0 Å². The lowest BCUT2D eigenvalue weighted by Crippen LogP contribution is -2.37. The van der Waals surface area contributed by atoms with Gasteiger partial charge in [0.25, 0.3) is 7.82 Å². The number of ether oxygens (including phenoxy) is 2. The van der Waals surface area contributed by atoms with E-state index in [1.165, 1.54) is 173 Å². The van der Waals surface area contributed by atoms with Crippen LogP contribution in [0.15, 0.2) is 48.6 Å². The Bertz CT molecular complexity index is 1180. The molecule has 2 unspecified atom stereocenters. The molecule has 2 atom stereocenters. The molecule has 0 heterocycles. The maximum Gasteiger partial charge on any atom is 0.306 e. The number of esters is 1. The Morgan fingerprint density at radius 3 is 1.31 bits per heavy atom. The smallest absolute Gasteiger partial charge is 0.306 e. The van der Waals surface area contributed by atoms with Gasteiger partial charge in [-0.2, -0.15) is 0 Å². The Labute approximate surface area is 403 Å². The molecule has 0 aliphatic rings. The molecule has 0 saturated carbocycles. The van der Waals surface area contributed by atoms with Crippen molar-refractivity contribution in [2.75, 3.05) is 54.1 Å². The lowest BCUT2D eigenvalue weighted by molar-refractivity contribution is -0.870. The van der Waals surface area contributed by atoms with Crippen LogP contribution < -0.4 is 4.89 Å². The average molecular weight is 936 g/mol. The van der Waals surface area contributed by atoms with Crippen molar-refractivity contribution in [3.05, 3.63) is 48.6 Å². The van der Waals surface area contributed by atoms with Gasteiger partial charge in [-0.1, -0.05) is 210 Å². The number of hydrogen-bond donors (Lipinski definition) is 0. The first-order valence-electron chi connectivity index (χ1n) is 27.4. The number of allylic oxidation sites excluding steroid dienone is 8. The van der Waals surface area contributed by atoms with Gasteiger partial charge in [-0.3, -0.25) is 9.36 Å². The summed E-state index contributed by atoms with van der Waals surface area (Å²) in [5.41, 5.74) is 0. The molecule has 0 spiro atoms. The molecule has 0 rings (SSSR count). The Morgan fingerprint density at radius 2 is 0.846 bits per heavy atom. The predicted molar refractivity (Wildman–Crippen MR) is 277 cm³/mol. The average Bonchev–Trinajstić information content (AvgIpc) is 3.27. The second-order valence-corrected chi connectivity index (χ2v) is 21.0. The zero-order chi connectivity index (χ0) is 47.6. The van der Waals surface area contributed by atoms with E-state index in [2.05, 4.69) is 62.5 Å². The molecule has 8 nitrogen and oxygen atoms in total. The summed E-state index contributed by atoms with van der Waals surface area (Å²) in [7, 11) is 1.35. The van der Waals surface area contributed by atoms with Gasteiger partial charge in [0.15, 0.2) is 0 Å². The summed E-state index contributed by atoms with van der Waals surface area (Å²) in [6.07, 6.45) is 61.4. The standard InChI is InChI=1S/C56H106NO7P/c1-6-8-10-12-14-16-18-20-22-24-26-28-29-30-31-33-35-37-39-41-43-45-47-49-56(58)64-55(54-63-65(59,60)62-52-50-57(3,4)5)53-61-51-48-46-44-42-40-38-36-34-32-27-25-23-21-19-17-15-13-11-9-7-2/h15,17,21,23-24,26-27,32,55H,6-14,16,18-20,22,25,28-31,33-54H2,1-5H3/b17-15-,23-21-,26-24-,32-27-. The Morgan fingerprint density at radius 1 is 0.477 bits per heavy atom. The third-order valence-corrected chi connectivity index (χ3v) is 12.8. The maximum atomic E-state index is 12.8. The fraction of sp³-hybridized carbons (Fsp3) is 0.839. The lowest BCUT2D eigenvalue weighted by Gasteiger charge is -2.28. The molecule has 0 aliphatic carbocycles. The lowest BCUT2D eigenvalue weighted by atomic mass is 10.0. The first kappa shape index (κ1) is 63.5. The first-order chi connectivity index (χ1) is 31.6. The van der Waals surface area contributed by atoms with E-state index < -0.39 is 13.9 Å². The highest BCUT2D eigenvalue weighted by atomic mass is 31.2. The number of phosphoric acid groups is 1. The maximum absolute atomic E-state index is 12.8. The molecule has 0 aromatic rings. The topological polar surface area (TPSA) is 94.1 Å². The molecule has 0 aliphatic heterocycles. The van der Waals surface area contributed by atoms with E-state index in [-0.39, 0.29) is 25.8 Å². The minimum absolute atomic E-state index is 0.0232. The fourth-order valence-corrected chi connectivity index (χ4v) is 8.34. The van der Waals surface area contributed by atoms with Crippen LogP contribution in [-0.4, -0.2) is 70.7 Å². The molecule has 0 radical (unpaired) electrons. The largest absolute Gasteiger partial charge is 0.756 e. The second-order valence-electron chi connectivity index (χ2n) is 19.6.